The third-order valence-corrected chi connectivity index (χ3v) is 4.90. The molecule has 0 radical (unpaired) electrons. The Balaban J connectivity index is 0.000000151. The van der Waals surface area contributed by atoms with Crippen LogP contribution in [-0.2, 0) is 20.4 Å². The average molecular weight is 364 g/mol. The van der Waals surface area contributed by atoms with E-state index in [1.54, 1.807) is 0 Å². The number of aldehydes is 2. The Morgan fingerprint density at radius 1 is 0.577 bits per heavy atom. The van der Waals surface area contributed by atoms with Crippen LogP contribution in [0.25, 0.3) is 0 Å². The lowest BCUT2D eigenvalue weighted by atomic mass is 9.98. The number of hydrogen-bond acceptors (Lipinski definition) is 2. The third-order valence-electron chi connectivity index (χ3n) is 4.90. The van der Waals surface area contributed by atoms with Crippen molar-refractivity contribution in [3.05, 3.63) is 70.8 Å². The molecule has 0 aliphatic heterocycles. The predicted octanol–water partition coefficient (Wildman–Crippen LogP) is 4.39. The normalized spacial score (nSPS) is 18.3. The Hall–Kier alpha value is -2.50. The Bertz CT molecular complexity index is 743. The third kappa shape index (κ3) is 3.69. The van der Waals surface area contributed by atoms with Crippen molar-refractivity contribution in [3.8, 4) is 0 Å². The first-order valence-electron chi connectivity index (χ1n) is 8.18. The Morgan fingerprint density at radius 3 is 1.04 bits per heavy atom. The minimum Gasteiger partial charge on any atom is -0.302 e. The van der Waals surface area contributed by atoms with Crippen molar-refractivity contribution in [2.75, 3.05) is 0 Å². The van der Waals surface area contributed by atoms with E-state index in [1.165, 1.54) is 24.3 Å². The molecular formula is C20H16F4O2. The highest BCUT2D eigenvalue weighted by Gasteiger charge is 2.45. The molecule has 6 heteroatoms. The summed E-state index contributed by atoms with van der Waals surface area (Å²) < 4.78 is 51.1. The number of rotatable bonds is 4. The molecule has 0 amide bonds. The summed E-state index contributed by atoms with van der Waals surface area (Å²) in [5.74, 6) is -2.49. The van der Waals surface area contributed by atoms with Gasteiger partial charge >= 0.3 is 0 Å². The van der Waals surface area contributed by atoms with Gasteiger partial charge in [-0.3, -0.25) is 0 Å². The Morgan fingerprint density at radius 2 is 0.846 bits per heavy atom. The standard InChI is InChI=1S/2C10H8F2O/c2*11-8-3-7(4-9(12)5-8)10(6-13)1-2-10/h2*3-6H,1-2H2. The van der Waals surface area contributed by atoms with E-state index in [0.29, 0.717) is 36.8 Å². The first-order chi connectivity index (χ1) is 12.3. The monoisotopic (exact) mass is 364 g/mol. The molecule has 136 valence electrons. The number of benzene rings is 2. The van der Waals surface area contributed by atoms with Gasteiger partial charge in [-0.1, -0.05) is 0 Å². The maximum atomic E-state index is 12.8. The van der Waals surface area contributed by atoms with Gasteiger partial charge in [-0.25, -0.2) is 17.6 Å². The van der Waals surface area contributed by atoms with Crippen LogP contribution in [0.4, 0.5) is 17.6 Å². The van der Waals surface area contributed by atoms with E-state index < -0.39 is 34.1 Å². The predicted molar refractivity (Wildman–Crippen MR) is 86.7 cm³/mol. The summed E-state index contributed by atoms with van der Waals surface area (Å²) in [5.41, 5.74) is -0.272. The molecule has 26 heavy (non-hydrogen) atoms. The van der Waals surface area contributed by atoms with Crippen LogP contribution in [0.1, 0.15) is 36.8 Å². The second kappa shape index (κ2) is 6.67. The lowest BCUT2D eigenvalue weighted by Crippen LogP contribution is -2.08. The number of carbonyl (C=O) groups is 2. The van der Waals surface area contributed by atoms with Crippen LogP contribution in [0.15, 0.2) is 36.4 Å². The van der Waals surface area contributed by atoms with Gasteiger partial charge in [0.1, 0.15) is 35.8 Å². The summed E-state index contributed by atoms with van der Waals surface area (Å²) in [6.45, 7) is 0. The molecule has 0 saturated heterocycles. The zero-order valence-corrected chi connectivity index (χ0v) is 13.8. The van der Waals surface area contributed by atoms with Crippen LogP contribution in [0, 0.1) is 23.3 Å². The minimum absolute atomic E-state index is 0.458. The molecule has 2 aromatic rings. The van der Waals surface area contributed by atoms with Gasteiger partial charge < -0.3 is 9.59 Å². The molecular weight excluding hydrogens is 348 g/mol. The van der Waals surface area contributed by atoms with E-state index in [-0.39, 0.29) is 0 Å². The SMILES string of the molecule is O=CC1(c2cc(F)cc(F)c2)CC1.O=CC1(c2cc(F)cc(F)c2)CC1. The van der Waals surface area contributed by atoms with Gasteiger partial charge in [-0.05, 0) is 61.1 Å². The fraction of sp³-hybridized carbons (Fsp3) is 0.300. The maximum absolute atomic E-state index is 12.8. The van der Waals surface area contributed by atoms with Crippen LogP contribution in [0.3, 0.4) is 0 Å². The molecule has 4 rings (SSSR count). The molecule has 0 atom stereocenters. The number of carbonyl (C=O) groups excluding carboxylic acids is 2. The van der Waals surface area contributed by atoms with Gasteiger partial charge in [-0.15, -0.1) is 0 Å². The summed E-state index contributed by atoms with van der Waals surface area (Å²) in [6, 6.07) is 6.53. The van der Waals surface area contributed by atoms with Gasteiger partial charge in [0.2, 0.25) is 0 Å². The molecule has 0 heterocycles. The van der Waals surface area contributed by atoms with Crippen LogP contribution in [-0.4, -0.2) is 12.6 Å². The van der Waals surface area contributed by atoms with Crippen LogP contribution < -0.4 is 0 Å². The molecule has 2 fully saturated rings. The Labute approximate surface area is 147 Å². The highest BCUT2D eigenvalue weighted by atomic mass is 19.1. The zero-order valence-electron chi connectivity index (χ0n) is 13.8. The van der Waals surface area contributed by atoms with E-state index in [0.717, 1.165) is 24.7 Å². The van der Waals surface area contributed by atoms with Crippen molar-refractivity contribution in [3.63, 3.8) is 0 Å². The molecule has 2 aromatic carbocycles. The number of halogens is 4. The van der Waals surface area contributed by atoms with E-state index >= 15 is 0 Å². The molecule has 2 aliphatic rings. The molecule has 0 spiro atoms. The van der Waals surface area contributed by atoms with Crippen molar-refractivity contribution in [1.29, 1.82) is 0 Å². The summed E-state index contributed by atoms with van der Waals surface area (Å²) in [4.78, 5) is 21.3. The Kier molecular flexibility index (Phi) is 4.69. The quantitative estimate of drug-likeness (QED) is 0.596. The molecule has 2 nitrogen and oxygen atoms in total. The second-order valence-electron chi connectivity index (χ2n) is 6.86. The van der Waals surface area contributed by atoms with Crippen molar-refractivity contribution in [2.24, 2.45) is 0 Å². The van der Waals surface area contributed by atoms with E-state index in [9.17, 15) is 27.2 Å². The lowest BCUT2D eigenvalue weighted by molar-refractivity contribution is -0.110. The lowest BCUT2D eigenvalue weighted by Gasteiger charge is -2.06. The first-order valence-corrected chi connectivity index (χ1v) is 8.18. The van der Waals surface area contributed by atoms with E-state index in [2.05, 4.69) is 0 Å². The first kappa shape index (κ1) is 18.3. The topological polar surface area (TPSA) is 34.1 Å². The summed E-state index contributed by atoms with van der Waals surface area (Å²) in [7, 11) is 0. The second-order valence-corrected chi connectivity index (χ2v) is 6.86. The largest absolute Gasteiger partial charge is 0.302 e. The molecule has 0 unspecified atom stereocenters. The van der Waals surface area contributed by atoms with Gasteiger partial charge in [0, 0.05) is 12.1 Å². The van der Waals surface area contributed by atoms with Crippen molar-refractivity contribution < 1.29 is 27.2 Å². The number of hydrogen-bond donors (Lipinski definition) is 0. The highest BCUT2D eigenvalue weighted by molar-refractivity contribution is 5.73. The van der Waals surface area contributed by atoms with Crippen molar-refractivity contribution >= 4 is 12.6 Å². The molecule has 2 aliphatic carbocycles. The van der Waals surface area contributed by atoms with Crippen molar-refractivity contribution in [2.45, 2.75) is 36.5 Å². The summed E-state index contributed by atoms with van der Waals surface area (Å²) in [5, 5.41) is 0. The van der Waals surface area contributed by atoms with Crippen LogP contribution in [0.2, 0.25) is 0 Å². The van der Waals surface area contributed by atoms with Gasteiger partial charge in [0.25, 0.3) is 0 Å². The molecule has 2 saturated carbocycles. The smallest absolute Gasteiger partial charge is 0.130 e. The van der Waals surface area contributed by atoms with Gasteiger partial charge in [0.05, 0.1) is 10.8 Å². The maximum Gasteiger partial charge on any atom is 0.130 e. The van der Waals surface area contributed by atoms with Gasteiger partial charge in [0.15, 0.2) is 0 Å². The minimum atomic E-state index is -0.622. The fourth-order valence-corrected chi connectivity index (χ4v) is 2.90. The highest BCUT2D eigenvalue weighted by Crippen LogP contribution is 2.47. The van der Waals surface area contributed by atoms with Crippen LogP contribution >= 0.6 is 0 Å². The fourth-order valence-electron chi connectivity index (χ4n) is 2.90. The van der Waals surface area contributed by atoms with Crippen LogP contribution in [0.5, 0.6) is 0 Å². The van der Waals surface area contributed by atoms with E-state index in [4.69, 9.17) is 0 Å². The zero-order chi connectivity index (χ0) is 18.9. The van der Waals surface area contributed by atoms with E-state index in [1.807, 2.05) is 0 Å². The molecule has 0 aromatic heterocycles. The summed E-state index contributed by atoms with van der Waals surface area (Å²) >= 11 is 0. The average Bonchev–Trinajstić information content (AvgIpc) is 3.48. The molecule has 0 bridgehead atoms. The molecule has 0 N–H and O–H groups in total. The summed E-state index contributed by atoms with van der Waals surface area (Å²) in [6.07, 6.45) is 4.33. The van der Waals surface area contributed by atoms with Crippen molar-refractivity contribution in [1.82, 2.24) is 0 Å². The van der Waals surface area contributed by atoms with Gasteiger partial charge in [-0.2, -0.15) is 0 Å².